The monoisotopic (exact) mass is 409 g/mol. The smallest absolute Gasteiger partial charge is 0.324 e. The minimum Gasteiger partial charge on any atom is -0.390 e. The van der Waals surface area contributed by atoms with Gasteiger partial charge in [0.1, 0.15) is 6.04 Å². The highest BCUT2D eigenvalue weighted by molar-refractivity contribution is 7.19. The van der Waals surface area contributed by atoms with Gasteiger partial charge in [-0.15, -0.1) is 11.3 Å². The molecule has 2 aromatic rings. The highest BCUT2D eigenvalue weighted by Gasteiger charge is 2.40. The van der Waals surface area contributed by atoms with Crippen molar-refractivity contribution in [3.8, 4) is 10.6 Å². The highest BCUT2D eigenvalue weighted by Crippen LogP contribution is 2.36. The molecule has 0 saturated carbocycles. The Morgan fingerprint density at radius 1 is 1.37 bits per heavy atom. The maximum atomic E-state index is 12.5. The topological polar surface area (TPSA) is 121 Å². The average Bonchev–Trinajstić information content (AvgIpc) is 3.24. The number of nitrogens with two attached hydrogens (primary N) is 1. The van der Waals surface area contributed by atoms with Crippen LogP contribution in [-0.2, 0) is 10.2 Å². The number of aliphatic hydroxyl groups is 1. The molecule has 2 aromatic heterocycles. The second-order valence-corrected chi connectivity index (χ2v) is 9.41. The van der Waals surface area contributed by atoms with Crippen LogP contribution in [0.3, 0.4) is 0 Å². The van der Waals surface area contributed by atoms with Gasteiger partial charge in [-0.05, 0) is 13.3 Å². The van der Waals surface area contributed by atoms with E-state index in [9.17, 15) is 14.7 Å². The minimum absolute atomic E-state index is 0.0289. The van der Waals surface area contributed by atoms with Crippen LogP contribution >= 0.6 is 22.7 Å². The van der Waals surface area contributed by atoms with E-state index >= 15 is 0 Å². The van der Waals surface area contributed by atoms with E-state index in [0.29, 0.717) is 11.6 Å². The van der Waals surface area contributed by atoms with Crippen LogP contribution in [0.25, 0.3) is 10.6 Å². The summed E-state index contributed by atoms with van der Waals surface area (Å²) in [7, 11) is 0. The van der Waals surface area contributed by atoms with E-state index in [1.807, 2.05) is 12.3 Å². The number of aliphatic hydroxyl groups excluding tert-OH is 1. The summed E-state index contributed by atoms with van der Waals surface area (Å²) in [4.78, 5) is 35.3. The van der Waals surface area contributed by atoms with Crippen molar-refractivity contribution in [2.75, 3.05) is 11.9 Å². The van der Waals surface area contributed by atoms with Crippen molar-refractivity contribution in [2.45, 2.75) is 51.7 Å². The predicted molar refractivity (Wildman–Crippen MR) is 106 cm³/mol. The first-order valence-corrected chi connectivity index (χ1v) is 10.3. The van der Waals surface area contributed by atoms with Gasteiger partial charge in [-0.3, -0.25) is 10.1 Å². The number of nitrogens with zero attached hydrogens (tertiary/aromatic N) is 3. The van der Waals surface area contributed by atoms with Gasteiger partial charge >= 0.3 is 6.03 Å². The number of aryl methyl sites for hydroxylation is 1. The number of hydrogen-bond acceptors (Lipinski definition) is 7. The number of rotatable bonds is 3. The fourth-order valence-electron chi connectivity index (χ4n) is 2.92. The Hall–Kier alpha value is -2.04. The molecule has 1 aliphatic rings. The molecule has 3 amide bonds. The molecular formula is C17H23N5O3S2. The van der Waals surface area contributed by atoms with Crippen molar-refractivity contribution in [1.82, 2.24) is 14.9 Å². The molecule has 146 valence electrons. The van der Waals surface area contributed by atoms with Crippen LogP contribution in [0.5, 0.6) is 0 Å². The van der Waals surface area contributed by atoms with E-state index in [0.717, 1.165) is 21.3 Å². The molecule has 4 N–H and O–H groups in total. The van der Waals surface area contributed by atoms with E-state index in [1.165, 1.54) is 16.2 Å². The molecule has 0 spiro atoms. The first kappa shape index (κ1) is 19.7. The first-order valence-electron chi connectivity index (χ1n) is 8.56. The predicted octanol–water partition coefficient (Wildman–Crippen LogP) is 2.32. The molecule has 0 radical (unpaired) electrons. The molecule has 2 atom stereocenters. The van der Waals surface area contributed by atoms with Gasteiger partial charge in [-0.1, -0.05) is 32.1 Å². The van der Waals surface area contributed by atoms with E-state index in [2.05, 4.69) is 31.1 Å². The van der Waals surface area contributed by atoms with Crippen molar-refractivity contribution in [1.29, 1.82) is 0 Å². The second-order valence-electron chi connectivity index (χ2n) is 7.55. The molecule has 2 unspecified atom stereocenters. The maximum absolute atomic E-state index is 12.5. The minimum atomic E-state index is -1.02. The number of carbonyl (C=O) groups is 2. The van der Waals surface area contributed by atoms with Gasteiger partial charge in [-0.25, -0.2) is 14.8 Å². The van der Waals surface area contributed by atoms with Gasteiger partial charge in [-0.2, -0.15) is 0 Å². The zero-order valence-electron chi connectivity index (χ0n) is 15.6. The van der Waals surface area contributed by atoms with Gasteiger partial charge in [0.15, 0.2) is 5.13 Å². The fourth-order valence-corrected chi connectivity index (χ4v) is 4.81. The Morgan fingerprint density at radius 2 is 2.07 bits per heavy atom. The number of aromatic nitrogens is 2. The third kappa shape index (κ3) is 3.97. The molecule has 3 heterocycles. The van der Waals surface area contributed by atoms with Crippen LogP contribution in [0.1, 0.15) is 37.9 Å². The summed E-state index contributed by atoms with van der Waals surface area (Å²) in [6.07, 6.45) is -0.620. The average molecular weight is 410 g/mol. The Bertz CT molecular complexity index is 870. The van der Waals surface area contributed by atoms with Gasteiger partial charge in [0, 0.05) is 17.3 Å². The number of amides is 3. The maximum Gasteiger partial charge on any atom is 0.324 e. The molecule has 0 aromatic carbocycles. The van der Waals surface area contributed by atoms with Gasteiger partial charge in [0.05, 0.1) is 27.4 Å². The Labute approximate surface area is 165 Å². The lowest BCUT2D eigenvalue weighted by Crippen LogP contribution is -2.49. The van der Waals surface area contributed by atoms with E-state index in [1.54, 1.807) is 11.3 Å². The summed E-state index contributed by atoms with van der Waals surface area (Å²) < 4.78 is 0. The third-order valence-electron chi connectivity index (χ3n) is 4.31. The van der Waals surface area contributed by atoms with Crippen LogP contribution in [0, 0.1) is 6.92 Å². The third-order valence-corrected chi connectivity index (χ3v) is 6.67. The summed E-state index contributed by atoms with van der Waals surface area (Å²) in [6, 6.07) is -1.51. The van der Waals surface area contributed by atoms with Crippen LogP contribution in [0.15, 0.2) is 5.38 Å². The van der Waals surface area contributed by atoms with Gasteiger partial charge in [0.25, 0.3) is 0 Å². The number of thiazole rings is 2. The fraction of sp³-hybridized carbons (Fsp3) is 0.529. The van der Waals surface area contributed by atoms with Crippen molar-refractivity contribution in [3.63, 3.8) is 0 Å². The van der Waals surface area contributed by atoms with Crippen LogP contribution in [0.4, 0.5) is 9.93 Å². The number of hydrogen-bond donors (Lipinski definition) is 3. The standard InChI is InChI=1S/C17H23N5O3S2/c1-8-12(9-7-26-14(20-9)17(2,3)4)27-15(19-8)21-16(25)22-6-5-10(23)11(22)13(18)24/h7,10-11,23H,5-6H2,1-4H3,(H2,18,24)(H,19,21,25). The summed E-state index contributed by atoms with van der Waals surface area (Å²) in [5.74, 6) is -0.719. The summed E-state index contributed by atoms with van der Waals surface area (Å²) >= 11 is 2.93. The van der Waals surface area contributed by atoms with E-state index < -0.39 is 24.1 Å². The lowest BCUT2D eigenvalue weighted by atomic mass is 9.98. The molecule has 0 bridgehead atoms. The Kier molecular flexibility index (Phi) is 5.24. The molecule has 0 aliphatic carbocycles. The first-order chi connectivity index (χ1) is 12.6. The number of likely N-dealkylation sites (tertiary alicyclic amines) is 1. The SMILES string of the molecule is Cc1nc(NC(=O)N2CCC(O)C2C(N)=O)sc1-c1csc(C(C)(C)C)n1. The molecule has 3 rings (SSSR count). The summed E-state index contributed by atoms with van der Waals surface area (Å²) in [5, 5.41) is 16.0. The molecule has 1 saturated heterocycles. The quantitative estimate of drug-likeness (QED) is 0.718. The molecule has 27 heavy (non-hydrogen) atoms. The van der Waals surface area contributed by atoms with Crippen LogP contribution in [0.2, 0.25) is 0 Å². The summed E-state index contributed by atoms with van der Waals surface area (Å²) in [5.41, 5.74) is 6.89. The zero-order valence-corrected chi connectivity index (χ0v) is 17.3. The van der Waals surface area contributed by atoms with Gasteiger partial charge < -0.3 is 15.7 Å². The van der Waals surface area contributed by atoms with Crippen molar-refractivity contribution >= 4 is 39.7 Å². The number of primary amides is 1. The van der Waals surface area contributed by atoms with Crippen LogP contribution < -0.4 is 11.1 Å². The largest absolute Gasteiger partial charge is 0.390 e. The van der Waals surface area contributed by atoms with Crippen molar-refractivity contribution < 1.29 is 14.7 Å². The molecular weight excluding hydrogens is 386 g/mol. The van der Waals surface area contributed by atoms with Crippen molar-refractivity contribution in [3.05, 3.63) is 16.1 Å². The van der Waals surface area contributed by atoms with Gasteiger partial charge in [0.2, 0.25) is 5.91 Å². The Morgan fingerprint density at radius 3 is 2.67 bits per heavy atom. The number of anilines is 1. The highest BCUT2D eigenvalue weighted by atomic mass is 32.1. The zero-order chi connectivity index (χ0) is 19.9. The lowest BCUT2D eigenvalue weighted by Gasteiger charge is -2.23. The van der Waals surface area contributed by atoms with E-state index in [-0.39, 0.29) is 12.0 Å². The molecule has 1 aliphatic heterocycles. The number of nitrogens with one attached hydrogen (secondary N) is 1. The van der Waals surface area contributed by atoms with Crippen LogP contribution in [-0.4, -0.2) is 50.6 Å². The van der Waals surface area contributed by atoms with E-state index in [4.69, 9.17) is 10.7 Å². The number of urea groups is 1. The second kappa shape index (κ2) is 7.17. The van der Waals surface area contributed by atoms with Crippen molar-refractivity contribution in [2.24, 2.45) is 5.73 Å². The molecule has 10 heteroatoms. The molecule has 1 fully saturated rings. The molecule has 8 nitrogen and oxygen atoms in total. The normalized spacial score (nSPS) is 20.1. The lowest BCUT2D eigenvalue weighted by molar-refractivity contribution is -0.123. The summed E-state index contributed by atoms with van der Waals surface area (Å²) in [6.45, 7) is 8.46. The Balaban J connectivity index is 1.78. The number of carbonyl (C=O) groups excluding carboxylic acids is 2.